The first kappa shape index (κ1) is 13.5. The van der Waals surface area contributed by atoms with Crippen LogP contribution in [0.1, 0.15) is 5.56 Å². The Hall–Kier alpha value is -1.89. The minimum Gasteiger partial charge on any atom is -0.344 e. The van der Waals surface area contributed by atoms with Gasteiger partial charge in [-0.05, 0) is 17.7 Å². The van der Waals surface area contributed by atoms with Gasteiger partial charge in [-0.3, -0.25) is 19.9 Å². The van der Waals surface area contributed by atoms with Crippen molar-refractivity contribution >= 4 is 28.7 Å². The highest BCUT2D eigenvalue weighted by molar-refractivity contribution is 8.14. The number of rotatable bonds is 2. The number of hydrogen-bond acceptors (Lipinski definition) is 4. The predicted molar refractivity (Wildman–Crippen MR) is 71.1 cm³/mol. The van der Waals surface area contributed by atoms with Crippen LogP contribution in [-0.4, -0.2) is 29.3 Å². The Bertz CT molecular complexity index is 516. The second-order valence-corrected chi connectivity index (χ2v) is 4.88. The minimum atomic E-state index is -0.740. The molecule has 2 amide bonds. The second kappa shape index (κ2) is 6.33. The zero-order valence-corrected chi connectivity index (χ0v) is 10.8. The molecule has 2 N–H and O–H groups in total. The van der Waals surface area contributed by atoms with E-state index in [1.807, 2.05) is 0 Å². The van der Waals surface area contributed by atoms with Crippen molar-refractivity contribution in [3.63, 3.8) is 0 Å². The van der Waals surface area contributed by atoms with E-state index in [2.05, 4.69) is 15.6 Å². The lowest BCUT2D eigenvalue weighted by Gasteiger charge is -2.05. The Balaban J connectivity index is 1.80. The lowest BCUT2D eigenvalue weighted by molar-refractivity contribution is -0.138. The highest BCUT2D eigenvalue weighted by Crippen LogP contribution is 2.08. The number of carbonyl (C=O) groups excluding carboxylic acids is 2. The van der Waals surface area contributed by atoms with Crippen molar-refractivity contribution in [1.29, 1.82) is 0 Å². The fraction of sp³-hybridized carbons (Fsp3) is 0.250. The maximum atomic E-state index is 12.7. The predicted octanol–water partition coefficient (Wildman–Crippen LogP) is 0.661. The number of hydrogen-bond donors (Lipinski definition) is 2. The third kappa shape index (κ3) is 4.06. The van der Waals surface area contributed by atoms with Crippen LogP contribution in [0.25, 0.3) is 0 Å². The highest BCUT2D eigenvalue weighted by Gasteiger charge is 2.17. The van der Waals surface area contributed by atoms with E-state index >= 15 is 0 Å². The number of nitrogens with one attached hydrogen (secondary N) is 2. The van der Waals surface area contributed by atoms with Crippen LogP contribution in [-0.2, 0) is 16.1 Å². The molecule has 100 valence electrons. The smallest absolute Gasteiger partial charge is 0.315 e. The first-order valence-electron chi connectivity index (χ1n) is 5.66. The van der Waals surface area contributed by atoms with Crippen molar-refractivity contribution in [2.75, 3.05) is 12.3 Å². The lowest BCUT2D eigenvalue weighted by Crippen LogP contribution is -2.41. The first-order chi connectivity index (χ1) is 9.15. The van der Waals surface area contributed by atoms with Crippen LogP contribution in [0.5, 0.6) is 0 Å². The largest absolute Gasteiger partial charge is 0.344 e. The summed E-state index contributed by atoms with van der Waals surface area (Å²) in [6.07, 6.45) is 0. The third-order valence-electron chi connectivity index (χ3n) is 2.38. The molecule has 0 spiro atoms. The van der Waals surface area contributed by atoms with Crippen molar-refractivity contribution < 1.29 is 14.0 Å². The molecule has 1 aliphatic heterocycles. The van der Waals surface area contributed by atoms with Gasteiger partial charge in [0.25, 0.3) is 0 Å². The minimum absolute atomic E-state index is 0.173. The summed E-state index contributed by atoms with van der Waals surface area (Å²) in [6, 6.07) is 5.69. The van der Waals surface area contributed by atoms with Crippen molar-refractivity contribution in [2.45, 2.75) is 6.54 Å². The molecule has 1 heterocycles. The molecule has 19 heavy (non-hydrogen) atoms. The van der Waals surface area contributed by atoms with Gasteiger partial charge in [-0.15, -0.1) is 0 Å². The normalized spacial score (nSPS) is 13.8. The topological polar surface area (TPSA) is 70.6 Å². The van der Waals surface area contributed by atoms with Gasteiger partial charge in [0.05, 0.1) is 6.54 Å². The molecule has 0 atom stereocenters. The van der Waals surface area contributed by atoms with Gasteiger partial charge in [0.15, 0.2) is 5.17 Å². The molecule has 1 aromatic rings. The molecule has 0 fully saturated rings. The van der Waals surface area contributed by atoms with Crippen LogP contribution in [0.3, 0.4) is 0 Å². The lowest BCUT2D eigenvalue weighted by atomic mass is 10.2. The van der Waals surface area contributed by atoms with E-state index in [-0.39, 0.29) is 12.4 Å². The SMILES string of the molecule is O=C(NCc1ccc(F)cc1)C(=O)NC1=NCCS1. The Morgan fingerprint density at radius 1 is 1.26 bits per heavy atom. The highest BCUT2D eigenvalue weighted by atomic mass is 32.2. The van der Waals surface area contributed by atoms with E-state index in [0.717, 1.165) is 11.3 Å². The summed E-state index contributed by atoms with van der Waals surface area (Å²) >= 11 is 1.40. The number of thioether (sulfide) groups is 1. The zero-order valence-electron chi connectivity index (χ0n) is 9.98. The maximum Gasteiger partial charge on any atom is 0.315 e. The molecule has 0 aliphatic carbocycles. The Morgan fingerprint density at radius 2 is 2.00 bits per heavy atom. The third-order valence-corrected chi connectivity index (χ3v) is 3.27. The summed E-state index contributed by atoms with van der Waals surface area (Å²) in [5.74, 6) is -1.01. The number of amides is 2. The first-order valence-corrected chi connectivity index (χ1v) is 6.64. The average Bonchev–Trinajstić information content (AvgIpc) is 2.90. The number of benzene rings is 1. The fourth-order valence-corrected chi connectivity index (χ4v) is 2.15. The van der Waals surface area contributed by atoms with Crippen molar-refractivity contribution in [2.24, 2.45) is 4.99 Å². The molecule has 2 rings (SSSR count). The molecule has 0 saturated heterocycles. The molecule has 0 bridgehead atoms. The van der Waals surface area contributed by atoms with Gasteiger partial charge in [0.1, 0.15) is 5.82 Å². The molecule has 0 unspecified atom stereocenters. The van der Waals surface area contributed by atoms with E-state index < -0.39 is 11.8 Å². The Labute approximate surface area is 113 Å². The molecular formula is C12H12FN3O2S. The van der Waals surface area contributed by atoms with E-state index in [9.17, 15) is 14.0 Å². The Kier molecular flexibility index (Phi) is 4.51. The molecular weight excluding hydrogens is 269 g/mol. The average molecular weight is 281 g/mol. The Morgan fingerprint density at radius 3 is 2.63 bits per heavy atom. The summed E-state index contributed by atoms with van der Waals surface area (Å²) in [5.41, 5.74) is 0.718. The zero-order chi connectivity index (χ0) is 13.7. The number of halogens is 1. The van der Waals surface area contributed by atoms with Crippen LogP contribution in [0.4, 0.5) is 4.39 Å². The fourth-order valence-electron chi connectivity index (χ4n) is 1.43. The van der Waals surface area contributed by atoms with E-state index in [1.165, 1.54) is 23.9 Å². The van der Waals surface area contributed by atoms with E-state index in [0.29, 0.717) is 11.7 Å². The van der Waals surface area contributed by atoms with Gasteiger partial charge < -0.3 is 5.32 Å². The molecule has 7 heteroatoms. The number of carbonyl (C=O) groups is 2. The standard InChI is InChI=1S/C12H12FN3O2S/c13-9-3-1-8(2-4-9)7-15-10(17)11(18)16-12-14-5-6-19-12/h1-4H,5-7H2,(H,15,17)(H,14,16,18). The van der Waals surface area contributed by atoms with E-state index in [1.54, 1.807) is 12.1 Å². The van der Waals surface area contributed by atoms with Gasteiger partial charge in [-0.1, -0.05) is 23.9 Å². The summed E-state index contributed by atoms with van der Waals surface area (Å²) in [6.45, 7) is 0.823. The van der Waals surface area contributed by atoms with Gasteiger partial charge in [0, 0.05) is 12.3 Å². The quantitative estimate of drug-likeness (QED) is 0.782. The summed E-state index contributed by atoms with van der Waals surface area (Å²) in [7, 11) is 0. The summed E-state index contributed by atoms with van der Waals surface area (Å²) in [5, 5.41) is 5.35. The van der Waals surface area contributed by atoms with Gasteiger partial charge in [-0.25, -0.2) is 4.39 Å². The van der Waals surface area contributed by atoms with Gasteiger partial charge in [0.2, 0.25) is 0 Å². The maximum absolute atomic E-state index is 12.7. The molecule has 5 nitrogen and oxygen atoms in total. The summed E-state index contributed by atoms with van der Waals surface area (Å²) in [4.78, 5) is 27.0. The van der Waals surface area contributed by atoms with E-state index in [4.69, 9.17) is 0 Å². The summed E-state index contributed by atoms with van der Waals surface area (Å²) < 4.78 is 12.7. The monoisotopic (exact) mass is 281 g/mol. The molecule has 0 aromatic heterocycles. The number of nitrogens with zero attached hydrogens (tertiary/aromatic N) is 1. The second-order valence-electron chi connectivity index (χ2n) is 3.80. The van der Waals surface area contributed by atoms with Crippen LogP contribution >= 0.6 is 11.8 Å². The molecule has 0 radical (unpaired) electrons. The van der Waals surface area contributed by atoms with Crippen molar-refractivity contribution in [3.8, 4) is 0 Å². The number of aliphatic imine (C=N–C) groups is 1. The van der Waals surface area contributed by atoms with Gasteiger partial charge >= 0.3 is 11.8 Å². The molecule has 1 aromatic carbocycles. The van der Waals surface area contributed by atoms with Gasteiger partial charge in [-0.2, -0.15) is 0 Å². The van der Waals surface area contributed by atoms with Crippen LogP contribution in [0.2, 0.25) is 0 Å². The molecule has 1 aliphatic rings. The van der Waals surface area contributed by atoms with Crippen molar-refractivity contribution in [3.05, 3.63) is 35.6 Å². The number of amidine groups is 1. The van der Waals surface area contributed by atoms with Crippen LogP contribution < -0.4 is 10.6 Å². The van der Waals surface area contributed by atoms with Crippen LogP contribution in [0.15, 0.2) is 29.3 Å². The van der Waals surface area contributed by atoms with Crippen molar-refractivity contribution in [1.82, 2.24) is 10.6 Å². The molecule has 0 saturated carbocycles. The van der Waals surface area contributed by atoms with Crippen LogP contribution in [0, 0.1) is 5.82 Å².